The normalized spacial score (nSPS) is 22.4. The molecule has 1 aliphatic carbocycles. The molecule has 1 unspecified atom stereocenters. The van der Waals surface area contributed by atoms with Gasteiger partial charge < -0.3 is 9.64 Å². The van der Waals surface area contributed by atoms with E-state index in [0.717, 1.165) is 25.0 Å². The highest BCUT2D eigenvalue weighted by molar-refractivity contribution is 7.90. The molecule has 1 saturated heterocycles. The molecular weight excluding hydrogens is 401 g/mol. The molecule has 1 aromatic rings. The van der Waals surface area contributed by atoms with Gasteiger partial charge in [0.2, 0.25) is 5.91 Å². The average molecular weight is 420 g/mol. The second-order valence-electron chi connectivity index (χ2n) is 7.15. The number of amides is 2. The molecule has 1 aliphatic heterocycles. The van der Waals surface area contributed by atoms with Crippen molar-refractivity contribution < 1.29 is 35.9 Å². The largest absolute Gasteiger partial charge is 0.573 e. The van der Waals surface area contributed by atoms with Crippen molar-refractivity contribution in [3.63, 3.8) is 0 Å². The fourth-order valence-electron chi connectivity index (χ4n) is 3.04. The second-order valence-corrected chi connectivity index (χ2v) is 8.80. The number of alkyl halides is 3. The van der Waals surface area contributed by atoms with E-state index in [1.54, 1.807) is 4.72 Å². The first-order valence-electron chi connectivity index (χ1n) is 8.65. The van der Waals surface area contributed by atoms with Gasteiger partial charge in [-0.25, -0.2) is 13.1 Å². The fraction of sp³-hybridized carbons (Fsp3) is 0.529. The molecule has 0 aromatic heterocycles. The number of rotatable bonds is 6. The number of nitrogens with zero attached hydrogens (tertiary/aromatic N) is 1. The minimum atomic E-state index is -5.10. The maximum atomic E-state index is 12.6. The van der Waals surface area contributed by atoms with Crippen LogP contribution < -0.4 is 9.46 Å². The van der Waals surface area contributed by atoms with E-state index in [9.17, 15) is 31.2 Å². The van der Waals surface area contributed by atoms with Crippen LogP contribution in [0.25, 0.3) is 0 Å². The summed E-state index contributed by atoms with van der Waals surface area (Å²) in [7, 11) is -4.64. The molecule has 1 N–H and O–H groups in total. The van der Waals surface area contributed by atoms with E-state index in [4.69, 9.17) is 0 Å². The molecule has 1 saturated carbocycles. The van der Waals surface area contributed by atoms with Crippen LogP contribution in [0.4, 0.5) is 13.2 Å². The molecule has 154 valence electrons. The zero-order chi connectivity index (χ0) is 20.7. The third kappa shape index (κ3) is 4.23. The van der Waals surface area contributed by atoms with E-state index in [0.29, 0.717) is 18.9 Å². The van der Waals surface area contributed by atoms with Gasteiger partial charge in [0.05, 0.1) is 0 Å². The predicted octanol–water partition coefficient (Wildman–Crippen LogP) is 2.18. The zero-order valence-electron chi connectivity index (χ0n) is 15.0. The maximum Gasteiger partial charge on any atom is 0.573 e. The first-order chi connectivity index (χ1) is 12.9. The molecule has 2 fully saturated rings. The first kappa shape index (κ1) is 20.4. The highest BCUT2D eigenvalue weighted by Gasteiger charge is 2.51. The molecule has 0 radical (unpaired) electrons. The molecule has 11 heteroatoms. The summed E-state index contributed by atoms with van der Waals surface area (Å²) in [6.45, 7) is 1.76. The van der Waals surface area contributed by atoms with E-state index in [2.05, 4.69) is 4.74 Å². The SMILES string of the molecule is CC1(C(=O)NS(=O)(=O)c2ccccc2OC(F)(F)F)CCN1C(=O)CC1CC1. The van der Waals surface area contributed by atoms with Crippen molar-refractivity contribution in [2.24, 2.45) is 5.92 Å². The average Bonchev–Trinajstić information content (AvgIpc) is 3.35. The minimum Gasteiger partial charge on any atom is -0.404 e. The number of benzene rings is 1. The minimum absolute atomic E-state index is 0.232. The van der Waals surface area contributed by atoms with Crippen molar-refractivity contribution in [3.05, 3.63) is 24.3 Å². The molecule has 0 spiro atoms. The number of ether oxygens (including phenoxy) is 1. The summed E-state index contributed by atoms with van der Waals surface area (Å²) in [5.74, 6) is -1.85. The molecular formula is C17H19F3N2O5S. The van der Waals surface area contributed by atoms with Crippen molar-refractivity contribution in [3.8, 4) is 5.75 Å². The molecule has 1 heterocycles. The Morgan fingerprint density at radius 1 is 1.29 bits per heavy atom. The lowest BCUT2D eigenvalue weighted by Gasteiger charge is -2.49. The van der Waals surface area contributed by atoms with Crippen LogP contribution in [0, 0.1) is 5.92 Å². The molecule has 1 atom stereocenters. The van der Waals surface area contributed by atoms with Crippen LogP contribution in [0.1, 0.15) is 32.6 Å². The van der Waals surface area contributed by atoms with E-state index < -0.39 is 38.5 Å². The van der Waals surface area contributed by atoms with Crippen molar-refractivity contribution in [2.75, 3.05) is 6.54 Å². The van der Waals surface area contributed by atoms with Crippen LogP contribution in [0.2, 0.25) is 0 Å². The molecule has 7 nitrogen and oxygen atoms in total. The number of halogens is 3. The van der Waals surface area contributed by atoms with Gasteiger partial charge in [0.1, 0.15) is 16.2 Å². The lowest BCUT2D eigenvalue weighted by Crippen LogP contribution is -2.67. The fourth-order valence-corrected chi connectivity index (χ4v) is 4.25. The monoisotopic (exact) mass is 420 g/mol. The predicted molar refractivity (Wildman–Crippen MR) is 90.5 cm³/mol. The van der Waals surface area contributed by atoms with Gasteiger partial charge in [0.25, 0.3) is 15.9 Å². The third-order valence-corrected chi connectivity index (χ3v) is 6.33. The standard InChI is InChI=1S/C17H19F3N2O5S/c1-16(8-9-22(16)14(23)10-11-6-7-11)15(24)21-28(25,26)13-5-3-2-4-12(13)27-17(18,19)20/h2-5,11H,6-10H2,1H3,(H,21,24). The van der Waals surface area contributed by atoms with Gasteiger partial charge in [0, 0.05) is 13.0 Å². The summed E-state index contributed by atoms with van der Waals surface area (Å²) >= 11 is 0. The molecule has 3 rings (SSSR count). The Bertz CT molecular complexity index is 898. The Labute approximate surface area is 159 Å². The highest BCUT2D eigenvalue weighted by atomic mass is 32.2. The second kappa shape index (κ2) is 6.94. The Morgan fingerprint density at radius 3 is 2.46 bits per heavy atom. The topological polar surface area (TPSA) is 92.8 Å². The van der Waals surface area contributed by atoms with E-state index in [1.807, 2.05) is 0 Å². The lowest BCUT2D eigenvalue weighted by molar-refractivity contribution is -0.275. The molecule has 2 amide bonds. The highest BCUT2D eigenvalue weighted by Crippen LogP contribution is 2.37. The first-order valence-corrected chi connectivity index (χ1v) is 10.1. The van der Waals surface area contributed by atoms with Gasteiger partial charge in [-0.2, -0.15) is 0 Å². The van der Waals surface area contributed by atoms with Crippen molar-refractivity contribution in [1.82, 2.24) is 9.62 Å². The number of nitrogens with one attached hydrogen (secondary N) is 1. The van der Waals surface area contributed by atoms with Crippen LogP contribution in [0.5, 0.6) is 5.75 Å². The summed E-state index contributed by atoms with van der Waals surface area (Å²) in [5, 5.41) is 0. The number of likely N-dealkylation sites (tertiary alicyclic amines) is 1. The van der Waals surface area contributed by atoms with Gasteiger partial charge in [-0.15, -0.1) is 13.2 Å². The van der Waals surface area contributed by atoms with E-state index >= 15 is 0 Å². The summed E-state index contributed by atoms with van der Waals surface area (Å²) < 4.78 is 68.1. The number of carbonyl (C=O) groups is 2. The summed E-state index contributed by atoms with van der Waals surface area (Å²) in [4.78, 5) is 25.4. The van der Waals surface area contributed by atoms with E-state index in [1.165, 1.54) is 24.0 Å². The zero-order valence-corrected chi connectivity index (χ0v) is 15.8. The summed E-state index contributed by atoms with van der Waals surface area (Å²) in [6.07, 6.45) is -2.63. The van der Waals surface area contributed by atoms with Crippen molar-refractivity contribution >= 4 is 21.8 Å². The van der Waals surface area contributed by atoms with Gasteiger partial charge in [-0.3, -0.25) is 9.59 Å². The van der Waals surface area contributed by atoms with Gasteiger partial charge in [0.15, 0.2) is 0 Å². The third-order valence-electron chi connectivity index (χ3n) is 4.96. The molecule has 1 aromatic carbocycles. The lowest BCUT2D eigenvalue weighted by atomic mass is 9.85. The summed E-state index contributed by atoms with van der Waals surface area (Å²) in [6, 6.07) is 4.12. The molecule has 28 heavy (non-hydrogen) atoms. The van der Waals surface area contributed by atoms with Crippen molar-refractivity contribution in [1.29, 1.82) is 0 Å². The molecule has 0 bridgehead atoms. The number of hydrogen-bond acceptors (Lipinski definition) is 5. The Balaban J connectivity index is 1.77. The van der Waals surface area contributed by atoms with Crippen LogP contribution in [-0.2, 0) is 19.6 Å². The van der Waals surface area contributed by atoms with Crippen LogP contribution in [-0.4, -0.2) is 43.6 Å². The molecule has 2 aliphatic rings. The summed E-state index contributed by atoms with van der Waals surface area (Å²) in [5.41, 5.74) is -1.36. The Morgan fingerprint density at radius 2 is 1.93 bits per heavy atom. The van der Waals surface area contributed by atoms with Gasteiger partial charge >= 0.3 is 6.36 Å². The van der Waals surface area contributed by atoms with E-state index in [-0.39, 0.29) is 12.3 Å². The van der Waals surface area contributed by atoms with Crippen LogP contribution in [0.3, 0.4) is 0 Å². The number of hydrogen-bond donors (Lipinski definition) is 1. The van der Waals surface area contributed by atoms with Crippen LogP contribution >= 0.6 is 0 Å². The maximum absolute atomic E-state index is 12.6. The number of sulfonamides is 1. The number of carbonyl (C=O) groups excluding carboxylic acids is 2. The smallest absolute Gasteiger partial charge is 0.404 e. The van der Waals surface area contributed by atoms with Crippen LogP contribution in [0.15, 0.2) is 29.2 Å². The Kier molecular flexibility index (Phi) is 5.07. The Hall–Kier alpha value is -2.30. The van der Waals surface area contributed by atoms with Crippen molar-refractivity contribution in [2.45, 2.75) is 49.4 Å². The number of para-hydroxylation sites is 1. The van der Waals surface area contributed by atoms with Gasteiger partial charge in [-0.1, -0.05) is 12.1 Å². The quantitative estimate of drug-likeness (QED) is 0.762. The van der Waals surface area contributed by atoms with Gasteiger partial charge in [-0.05, 0) is 44.2 Å².